The fourth-order valence-electron chi connectivity index (χ4n) is 2.50. The number of piperazine rings is 1. The van der Waals surface area contributed by atoms with E-state index in [9.17, 15) is 9.59 Å². The summed E-state index contributed by atoms with van der Waals surface area (Å²) in [5.74, 6) is 0.775. The van der Waals surface area contributed by atoms with E-state index in [4.69, 9.17) is 4.74 Å². The van der Waals surface area contributed by atoms with Crippen molar-refractivity contribution in [1.29, 1.82) is 0 Å². The third-order valence-electron chi connectivity index (χ3n) is 3.80. The van der Waals surface area contributed by atoms with Gasteiger partial charge < -0.3 is 15.0 Å². The predicted molar refractivity (Wildman–Crippen MR) is 87.9 cm³/mol. The van der Waals surface area contributed by atoms with Gasteiger partial charge in [0.1, 0.15) is 5.75 Å². The van der Waals surface area contributed by atoms with Crippen molar-refractivity contribution < 1.29 is 14.3 Å². The Morgan fingerprint density at radius 3 is 2.55 bits per heavy atom. The van der Waals surface area contributed by atoms with Gasteiger partial charge in [0.2, 0.25) is 5.91 Å². The van der Waals surface area contributed by atoms with Crippen LogP contribution in [-0.2, 0) is 4.79 Å². The predicted octanol–water partition coefficient (Wildman–Crippen LogP) is 1.90. The van der Waals surface area contributed by atoms with Crippen LogP contribution < -0.4 is 10.1 Å². The molecular weight excluding hydrogens is 304 g/mol. The second-order valence-corrected chi connectivity index (χ2v) is 5.29. The maximum atomic E-state index is 12.2. The van der Waals surface area contributed by atoms with Crippen LogP contribution in [0, 0.1) is 0 Å². The molecule has 1 saturated heterocycles. The van der Waals surface area contributed by atoms with Gasteiger partial charge in [-0.15, -0.1) is 12.4 Å². The minimum Gasteiger partial charge on any atom is -0.497 e. The zero-order valence-corrected chi connectivity index (χ0v) is 13.8. The zero-order valence-electron chi connectivity index (χ0n) is 13.0. The van der Waals surface area contributed by atoms with Gasteiger partial charge in [-0.25, -0.2) is 0 Å². The topological polar surface area (TPSA) is 58.6 Å². The number of methoxy groups -OCH3 is 1. The smallest absolute Gasteiger partial charge is 0.223 e. The van der Waals surface area contributed by atoms with Gasteiger partial charge in [0.25, 0.3) is 0 Å². The first-order chi connectivity index (χ1) is 10.1. The summed E-state index contributed by atoms with van der Waals surface area (Å²) < 4.78 is 5.06. The van der Waals surface area contributed by atoms with Crippen LogP contribution >= 0.6 is 12.4 Å². The van der Waals surface area contributed by atoms with Crippen LogP contribution in [0.4, 0.5) is 0 Å². The Kier molecular flexibility index (Phi) is 7.35. The number of ether oxygens (including phenoxy) is 1. The largest absolute Gasteiger partial charge is 0.497 e. The van der Waals surface area contributed by atoms with Gasteiger partial charge in [0.05, 0.1) is 7.11 Å². The minimum atomic E-state index is -0.00575. The molecule has 1 aliphatic rings. The maximum absolute atomic E-state index is 12.2. The number of carbonyl (C=O) groups is 2. The van der Waals surface area contributed by atoms with Gasteiger partial charge >= 0.3 is 0 Å². The Hall–Kier alpha value is -1.59. The average Bonchev–Trinajstić information content (AvgIpc) is 2.52. The molecule has 1 heterocycles. The number of benzene rings is 1. The van der Waals surface area contributed by atoms with E-state index in [1.807, 2.05) is 11.8 Å². The molecule has 0 radical (unpaired) electrons. The van der Waals surface area contributed by atoms with Crippen molar-refractivity contribution in [3.8, 4) is 5.75 Å². The summed E-state index contributed by atoms with van der Waals surface area (Å²) in [5, 5.41) is 3.25. The van der Waals surface area contributed by atoms with E-state index in [1.165, 1.54) is 0 Å². The quantitative estimate of drug-likeness (QED) is 0.840. The lowest BCUT2D eigenvalue weighted by Crippen LogP contribution is -2.52. The van der Waals surface area contributed by atoms with Crippen LogP contribution in [0.1, 0.15) is 30.1 Å². The van der Waals surface area contributed by atoms with Crippen molar-refractivity contribution in [2.45, 2.75) is 25.8 Å². The SMILES string of the molecule is COc1ccc(C(=O)CCC(=O)N2CCNC[C@@H]2C)cc1.Cl. The van der Waals surface area contributed by atoms with Crippen molar-refractivity contribution in [1.82, 2.24) is 10.2 Å². The normalized spacial score (nSPS) is 17.5. The number of halogens is 1. The number of nitrogens with one attached hydrogen (secondary N) is 1. The first-order valence-electron chi connectivity index (χ1n) is 7.29. The van der Waals surface area contributed by atoms with E-state index in [0.29, 0.717) is 5.56 Å². The zero-order chi connectivity index (χ0) is 15.2. The van der Waals surface area contributed by atoms with Gasteiger partial charge in [-0.05, 0) is 31.2 Å². The summed E-state index contributed by atoms with van der Waals surface area (Å²) in [5.41, 5.74) is 0.622. The van der Waals surface area contributed by atoms with Crippen molar-refractivity contribution in [2.75, 3.05) is 26.7 Å². The average molecular weight is 327 g/mol. The fourth-order valence-corrected chi connectivity index (χ4v) is 2.50. The van der Waals surface area contributed by atoms with Crippen LogP contribution in [-0.4, -0.2) is 49.4 Å². The Morgan fingerprint density at radius 1 is 1.27 bits per heavy atom. The lowest BCUT2D eigenvalue weighted by atomic mass is 10.1. The molecule has 2 rings (SSSR count). The van der Waals surface area contributed by atoms with Crippen molar-refractivity contribution >= 4 is 24.1 Å². The van der Waals surface area contributed by atoms with E-state index in [-0.39, 0.29) is 43.0 Å². The van der Waals surface area contributed by atoms with Gasteiger partial charge in [0, 0.05) is 44.1 Å². The van der Waals surface area contributed by atoms with Crippen molar-refractivity contribution in [3.05, 3.63) is 29.8 Å². The molecule has 0 saturated carbocycles. The van der Waals surface area contributed by atoms with Gasteiger partial charge in [-0.1, -0.05) is 0 Å². The first-order valence-corrected chi connectivity index (χ1v) is 7.29. The number of Topliss-reactive ketones (excluding diaryl/α,β-unsaturated/α-hetero) is 1. The molecule has 0 aromatic heterocycles. The van der Waals surface area contributed by atoms with E-state index >= 15 is 0 Å². The van der Waals surface area contributed by atoms with Crippen LogP contribution in [0.3, 0.4) is 0 Å². The first kappa shape index (κ1) is 18.5. The number of hydrogen-bond acceptors (Lipinski definition) is 4. The van der Waals surface area contributed by atoms with Crippen LogP contribution in [0.25, 0.3) is 0 Å². The highest BCUT2D eigenvalue weighted by Crippen LogP contribution is 2.14. The lowest BCUT2D eigenvalue weighted by molar-refractivity contribution is -0.133. The molecule has 1 aliphatic heterocycles. The van der Waals surface area contributed by atoms with E-state index in [0.717, 1.165) is 25.4 Å². The monoisotopic (exact) mass is 326 g/mol. The molecular formula is C16H23ClN2O3. The molecule has 22 heavy (non-hydrogen) atoms. The molecule has 0 bridgehead atoms. The summed E-state index contributed by atoms with van der Waals surface area (Å²) in [4.78, 5) is 26.1. The highest BCUT2D eigenvalue weighted by atomic mass is 35.5. The van der Waals surface area contributed by atoms with Crippen LogP contribution in [0.15, 0.2) is 24.3 Å². The van der Waals surface area contributed by atoms with Crippen molar-refractivity contribution in [3.63, 3.8) is 0 Å². The molecule has 1 fully saturated rings. The third-order valence-corrected chi connectivity index (χ3v) is 3.80. The van der Waals surface area contributed by atoms with E-state index < -0.39 is 0 Å². The Bertz CT molecular complexity index is 505. The summed E-state index contributed by atoms with van der Waals surface area (Å²) in [7, 11) is 1.59. The molecule has 5 nitrogen and oxygen atoms in total. The number of ketones is 1. The molecule has 1 aromatic carbocycles. The Balaban J connectivity index is 0.00000242. The molecule has 1 atom stereocenters. The summed E-state index contributed by atoms with van der Waals surface area (Å²) in [6.45, 7) is 4.38. The number of hydrogen-bond donors (Lipinski definition) is 1. The number of rotatable bonds is 5. The number of amides is 1. The molecule has 122 valence electrons. The molecule has 6 heteroatoms. The summed E-state index contributed by atoms with van der Waals surface area (Å²) >= 11 is 0. The summed E-state index contributed by atoms with van der Waals surface area (Å²) in [6, 6.07) is 7.18. The number of nitrogens with zero attached hydrogens (tertiary/aromatic N) is 1. The van der Waals surface area contributed by atoms with Gasteiger partial charge in [-0.2, -0.15) is 0 Å². The van der Waals surface area contributed by atoms with Gasteiger partial charge in [-0.3, -0.25) is 9.59 Å². The molecule has 1 aromatic rings. The molecule has 0 aliphatic carbocycles. The van der Waals surface area contributed by atoms with Gasteiger partial charge in [0.15, 0.2) is 5.78 Å². The van der Waals surface area contributed by atoms with E-state index in [1.54, 1.807) is 31.4 Å². The number of carbonyl (C=O) groups excluding carboxylic acids is 2. The van der Waals surface area contributed by atoms with Crippen LogP contribution in [0.5, 0.6) is 5.75 Å². The van der Waals surface area contributed by atoms with E-state index in [2.05, 4.69) is 5.32 Å². The maximum Gasteiger partial charge on any atom is 0.223 e. The minimum absolute atomic E-state index is 0. The molecule has 0 unspecified atom stereocenters. The Labute approximate surface area is 137 Å². The summed E-state index contributed by atoms with van der Waals surface area (Å²) in [6.07, 6.45) is 0.525. The molecule has 0 spiro atoms. The molecule has 1 amide bonds. The van der Waals surface area contributed by atoms with Crippen LogP contribution in [0.2, 0.25) is 0 Å². The second-order valence-electron chi connectivity index (χ2n) is 5.29. The highest BCUT2D eigenvalue weighted by Gasteiger charge is 2.23. The molecule has 1 N–H and O–H groups in total. The standard InChI is InChI=1S/C16H22N2O3.ClH/c1-12-11-17-9-10-18(12)16(20)8-7-15(19)13-3-5-14(21-2)6-4-13;/h3-6,12,17H,7-11H2,1-2H3;1H/t12-;/m0./s1. The third kappa shape index (κ3) is 4.71. The second kappa shape index (κ2) is 8.76. The highest BCUT2D eigenvalue weighted by molar-refractivity contribution is 5.98. The Morgan fingerprint density at radius 2 is 1.95 bits per heavy atom. The fraction of sp³-hybridized carbons (Fsp3) is 0.500. The lowest BCUT2D eigenvalue weighted by Gasteiger charge is -2.34. The van der Waals surface area contributed by atoms with Crippen molar-refractivity contribution in [2.24, 2.45) is 0 Å².